The molecular weight excluding hydrogens is 226 g/mol. The number of nitrogens with one attached hydrogen (secondary N) is 1. The normalized spacial score (nSPS) is 20.9. The monoisotopic (exact) mass is 255 g/mol. The fourth-order valence-electron chi connectivity index (χ4n) is 2.68. The highest BCUT2D eigenvalue weighted by molar-refractivity contribution is 5.76. The van der Waals surface area contributed by atoms with Crippen molar-refractivity contribution >= 4 is 5.91 Å². The van der Waals surface area contributed by atoms with Crippen molar-refractivity contribution in [1.82, 2.24) is 15.1 Å². The molecule has 1 aliphatic rings. The molecule has 0 aromatic carbocycles. The van der Waals surface area contributed by atoms with Gasteiger partial charge in [0.25, 0.3) is 0 Å². The van der Waals surface area contributed by atoms with Gasteiger partial charge >= 0.3 is 0 Å². The molecule has 0 spiro atoms. The van der Waals surface area contributed by atoms with Crippen LogP contribution in [0, 0.1) is 5.92 Å². The molecule has 106 valence electrons. The third-order valence-electron chi connectivity index (χ3n) is 3.79. The summed E-state index contributed by atoms with van der Waals surface area (Å²) in [4.78, 5) is 16.1. The van der Waals surface area contributed by atoms with E-state index in [2.05, 4.69) is 17.3 Å². The molecule has 1 rings (SSSR count). The first-order chi connectivity index (χ1) is 8.67. The zero-order valence-corrected chi connectivity index (χ0v) is 12.2. The van der Waals surface area contributed by atoms with E-state index in [9.17, 15) is 4.79 Å². The molecule has 0 radical (unpaired) electrons. The molecule has 1 atom stereocenters. The zero-order chi connectivity index (χ0) is 13.4. The van der Waals surface area contributed by atoms with Gasteiger partial charge in [0.1, 0.15) is 0 Å². The fraction of sp³-hybridized carbons (Fsp3) is 0.929. The van der Waals surface area contributed by atoms with Gasteiger partial charge < -0.3 is 15.1 Å². The van der Waals surface area contributed by atoms with Crippen LogP contribution in [0.25, 0.3) is 0 Å². The molecule has 1 unspecified atom stereocenters. The number of likely N-dealkylation sites (tertiary alicyclic amines) is 1. The highest BCUT2D eigenvalue weighted by atomic mass is 16.2. The van der Waals surface area contributed by atoms with Crippen molar-refractivity contribution in [3.8, 4) is 0 Å². The Balaban J connectivity index is 2.09. The van der Waals surface area contributed by atoms with Gasteiger partial charge in [-0.1, -0.05) is 0 Å². The number of piperidine rings is 1. The van der Waals surface area contributed by atoms with Gasteiger partial charge in [-0.15, -0.1) is 0 Å². The molecule has 1 amide bonds. The van der Waals surface area contributed by atoms with E-state index in [-0.39, 0.29) is 5.91 Å². The Labute approximate surface area is 112 Å². The highest BCUT2D eigenvalue weighted by Gasteiger charge is 2.16. The van der Waals surface area contributed by atoms with Crippen LogP contribution in [-0.2, 0) is 4.79 Å². The van der Waals surface area contributed by atoms with Crippen LogP contribution in [0.2, 0.25) is 0 Å². The van der Waals surface area contributed by atoms with E-state index in [0.717, 1.165) is 32.1 Å². The topological polar surface area (TPSA) is 35.6 Å². The lowest BCUT2D eigenvalue weighted by atomic mass is 9.98. The van der Waals surface area contributed by atoms with Gasteiger partial charge in [0.05, 0.1) is 0 Å². The maximum Gasteiger partial charge on any atom is 0.223 e. The van der Waals surface area contributed by atoms with Crippen LogP contribution in [0.5, 0.6) is 0 Å². The number of hydrogen-bond donors (Lipinski definition) is 1. The van der Waals surface area contributed by atoms with Gasteiger partial charge in [-0.05, 0) is 52.7 Å². The molecule has 0 bridgehead atoms. The number of carbonyl (C=O) groups is 1. The minimum absolute atomic E-state index is 0.272. The Hall–Kier alpha value is -0.610. The second kappa shape index (κ2) is 8.48. The predicted molar refractivity (Wildman–Crippen MR) is 75.6 cm³/mol. The Morgan fingerprint density at radius 2 is 2.11 bits per heavy atom. The van der Waals surface area contributed by atoms with Gasteiger partial charge in [0, 0.05) is 32.6 Å². The van der Waals surface area contributed by atoms with E-state index in [4.69, 9.17) is 0 Å². The average molecular weight is 255 g/mol. The third kappa shape index (κ3) is 5.36. The van der Waals surface area contributed by atoms with Gasteiger partial charge in [-0.2, -0.15) is 0 Å². The lowest BCUT2D eigenvalue weighted by molar-refractivity contribution is -0.130. The van der Waals surface area contributed by atoms with Crippen LogP contribution in [0.1, 0.15) is 33.1 Å². The van der Waals surface area contributed by atoms with Crippen molar-refractivity contribution in [2.24, 2.45) is 5.92 Å². The van der Waals surface area contributed by atoms with Crippen molar-refractivity contribution in [3.05, 3.63) is 0 Å². The smallest absolute Gasteiger partial charge is 0.223 e. The Bertz CT molecular complexity index is 241. The summed E-state index contributed by atoms with van der Waals surface area (Å²) in [5, 5.41) is 3.44. The molecule has 18 heavy (non-hydrogen) atoms. The summed E-state index contributed by atoms with van der Waals surface area (Å²) >= 11 is 0. The van der Waals surface area contributed by atoms with Crippen LogP contribution in [-0.4, -0.2) is 62.0 Å². The minimum atomic E-state index is 0.272. The third-order valence-corrected chi connectivity index (χ3v) is 3.79. The number of rotatable bonds is 7. The number of nitrogens with zero attached hydrogens (tertiary/aromatic N) is 2. The maximum atomic E-state index is 11.8. The summed E-state index contributed by atoms with van der Waals surface area (Å²) < 4.78 is 0. The molecule has 1 aliphatic heterocycles. The van der Waals surface area contributed by atoms with Crippen LogP contribution in [0.15, 0.2) is 0 Å². The molecule has 1 heterocycles. The molecule has 1 saturated heterocycles. The summed E-state index contributed by atoms with van der Waals surface area (Å²) in [6, 6.07) is 0. The molecular formula is C14H29N3O. The molecule has 1 fully saturated rings. The Morgan fingerprint density at radius 1 is 1.39 bits per heavy atom. The molecule has 4 nitrogen and oxygen atoms in total. The Kier molecular flexibility index (Phi) is 7.28. The largest absolute Gasteiger partial charge is 0.343 e. The van der Waals surface area contributed by atoms with E-state index in [0.29, 0.717) is 6.42 Å². The summed E-state index contributed by atoms with van der Waals surface area (Å²) in [5.74, 6) is 1.03. The quantitative estimate of drug-likeness (QED) is 0.694. The SMILES string of the molecule is CCN(CC)C(=O)CCNCC1CCCN(C)C1. The van der Waals surface area contributed by atoms with E-state index in [1.807, 2.05) is 18.7 Å². The first-order valence-corrected chi connectivity index (χ1v) is 7.34. The second-order valence-electron chi connectivity index (χ2n) is 5.29. The van der Waals surface area contributed by atoms with E-state index in [1.165, 1.54) is 25.9 Å². The van der Waals surface area contributed by atoms with Crippen molar-refractivity contribution in [2.75, 3.05) is 46.3 Å². The standard InChI is InChI=1S/C14H29N3O/c1-4-17(5-2)14(18)8-9-15-11-13-7-6-10-16(3)12-13/h13,15H,4-12H2,1-3H3. The highest BCUT2D eigenvalue weighted by Crippen LogP contribution is 2.13. The molecule has 0 saturated carbocycles. The van der Waals surface area contributed by atoms with E-state index < -0.39 is 0 Å². The maximum absolute atomic E-state index is 11.8. The predicted octanol–water partition coefficient (Wildman–Crippen LogP) is 1.18. The van der Waals surface area contributed by atoms with Crippen molar-refractivity contribution in [2.45, 2.75) is 33.1 Å². The summed E-state index contributed by atoms with van der Waals surface area (Å²) in [6.45, 7) is 10.0. The number of carbonyl (C=O) groups excluding carboxylic acids is 1. The minimum Gasteiger partial charge on any atom is -0.343 e. The molecule has 1 N–H and O–H groups in total. The van der Waals surface area contributed by atoms with Gasteiger partial charge in [0.15, 0.2) is 0 Å². The van der Waals surface area contributed by atoms with E-state index in [1.54, 1.807) is 0 Å². The Morgan fingerprint density at radius 3 is 2.72 bits per heavy atom. The van der Waals surface area contributed by atoms with Gasteiger partial charge in [0.2, 0.25) is 5.91 Å². The van der Waals surface area contributed by atoms with Crippen molar-refractivity contribution in [1.29, 1.82) is 0 Å². The number of amides is 1. The summed E-state index contributed by atoms with van der Waals surface area (Å²) in [6.07, 6.45) is 3.26. The fourth-order valence-corrected chi connectivity index (χ4v) is 2.68. The van der Waals surface area contributed by atoms with Gasteiger partial charge in [-0.25, -0.2) is 0 Å². The van der Waals surface area contributed by atoms with Crippen molar-refractivity contribution in [3.63, 3.8) is 0 Å². The number of hydrogen-bond acceptors (Lipinski definition) is 3. The summed E-state index contributed by atoms with van der Waals surface area (Å²) in [7, 11) is 2.19. The first-order valence-electron chi connectivity index (χ1n) is 7.34. The lowest BCUT2D eigenvalue weighted by Crippen LogP contribution is -2.38. The first kappa shape index (κ1) is 15.4. The van der Waals surface area contributed by atoms with Crippen LogP contribution in [0.4, 0.5) is 0 Å². The van der Waals surface area contributed by atoms with Crippen LogP contribution >= 0.6 is 0 Å². The molecule has 0 aromatic heterocycles. The van der Waals surface area contributed by atoms with Crippen LogP contribution < -0.4 is 5.32 Å². The lowest BCUT2D eigenvalue weighted by Gasteiger charge is -2.29. The van der Waals surface area contributed by atoms with Gasteiger partial charge in [-0.3, -0.25) is 4.79 Å². The second-order valence-corrected chi connectivity index (χ2v) is 5.29. The molecule has 0 aliphatic carbocycles. The van der Waals surface area contributed by atoms with E-state index >= 15 is 0 Å². The van der Waals surface area contributed by atoms with Crippen LogP contribution in [0.3, 0.4) is 0 Å². The average Bonchev–Trinajstić information content (AvgIpc) is 2.36. The van der Waals surface area contributed by atoms with Crippen molar-refractivity contribution < 1.29 is 4.79 Å². The molecule has 4 heteroatoms. The summed E-state index contributed by atoms with van der Waals surface area (Å²) in [5.41, 5.74) is 0. The molecule has 0 aromatic rings. The zero-order valence-electron chi connectivity index (χ0n) is 12.2.